The quantitative estimate of drug-likeness (QED) is 0.345. The summed E-state index contributed by atoms with van der Waals surface area (Å²) >= 11 is 1.58. The van der Waals surface area contributed by atoms with Crippen LogP contribution in [0.4, 0.5) is 0 Å². The van der Waals surface area contributed by atoms with Gasteiger partial charge in [0.1, 0.15) is 6.04 Å². The van der Waals surface area contributed by atoms with E-state index in [1.807, 2.05) is 17.1 Å². The van der Waals surface area contributed by atoms with Gasteiger partial charge in [-0.2, -0.15) is 0 Å². The van der Waals surface area contributed by atoms with Crippen molar-refractivity contribution in [1.82, 2.24) is 9.80 Å². The number of allylic oxidation sites excluding steroid dienone is 1. The molecule has 8 heteroatoms. The van der Waals surface area contributed by atoms with E-state index in [4.69, 9.17) is 4.74 Å². The van der Waals surface area contributed by atoms with Crippen LogP contribution in [0, 0.1) is 11.8 Å². The van der Waals surface area contributed by atoms with E-state index < -0.39 is 22.6 Å². The maximum absolute atomic E-state index is 13.9. The maximum Gasteiger partial charge on any atom is 0.311 e. The van der Waals surface area contributed by atoms with Gasteiger partial charge in [-0.1, -0.05) is 44.1 Å². The van der Waals surface area contributed by atoms with Crippen molar-refractivity contribution < 1.29 is 24.2 Å². The zero-order valence-electron chi connectivity index (χ0n) is 19.5. The summed E-state index contributed by atoms with van der Waals surface area (Å²) in [7, 11) is 0. The number of likely N-dealkylation sites (tertiary alicyclic amines) is 1. The van der Waals surface area contributed by atoms with Gasteiger partial charge in [-0.3, -0.25) is 14.4 Å². The lowest BCUT2D eigenvalue weighted by Gasteiger charge is -2.35. The van der Waals surface area contributed by atoms with Crippen LogP contribution in [0.1, 0.15) is 51.9 Å². The second kappa shape index (κ2) is 10.6. The Morgan fingerprint density at radius 3 is 2.76 bits per heavy atom. The molecule has 4 aliphatic rings. The van der Waals surface area contributed by atoms with Crippen molar-refractivity contribution in [3.05, 3.63) is 24.3 Å². The Kier molecular flexibility index (Phi) is 7.84. The van der Waals surface area contributed by atoms with Crippen LogP contribution >= 0.6 is 11.8 Å². The predicted octanol–water partition coefficient (Wildman–Crippen LogP) is 2.54. The van der Waals surface area contributed by atoms with E-state index in [2.05, 4.69) is 19.1 Å². The van der Waals surface area contributed by atoms with E-state index in [0.717, 1.165) is 38.5 Å². The zero-order valence-corrected chi connectivity index (χ0v) is 20.3. The van der Waals surface area contributed by atoms with Gasteiger partial charge in [0.25, 0.3) is 0 Å². The van der Waals surface area contributed by atoms with Crippen molar-refractivity contribution in [3.8, 4) is 0 Å². The third-order valence-electron chi connectivity index (χ3n) is 7.27. The Morgan fingerprint density at radius 2 is 1.97 bits per heavy atom. The largest absolute Gasteiger partial charge is 0.465 e. The highest BCUT2D eigenvalue weighted by atomic mass is 32.2. The van der Waals surface area contributed by atoms with Crippen LogP contribution in [0.2, 0.25) is 0 Å². The van der Waals surface area contributed by atoms with Crippen LogP contribution in [0.25, 0.3) is 0 Å². The van der Waals surface area contributed by atoms with E-state index in [1.54, 1.807) is 16.7 Å². The van der Waals surface area contributed by atoms with Gasteiger partial charge in [-0.15, -0.1) is 11.8 Å². The average molecular weight is 477 g/mol. The van der Waals surface area contributed by atoms with Crippen molar-refractivity contribution in [3.63, 3.8) is 0 Å². The van der Waals surface area contributed by atoms with Crippen molar-refractivity contribution in [2.75, 3.05) is 32.8 Å². The minimum Gasteiger partial charge on any atom is -0.465 e. The molecule has 7 nitrogen and oxygen atoms in total. The van der Waals surface area contributed by atoms with Gasteiger partial charge in [0.2, 0.25) is 11.8 Å². The number of aliphatic hydroxyl groups excluding tert-OH is 1. The Bertz CT molecular complexity index is 815. The van der Waals surface area contributed by atoms with Gasteiger partial charge in [-0.05, 0) is 32.1 Å². The summed E-state index contributed by atoms with van der Waals surface area (Å²) in [5.41, 5.74) is 0. The van der Waals surface area contributed by atoms with Crippen molar-refractivity contribution in [2.45, 2.75) is 67.9 Å². The second-order valence-electron chi connectivity index (χ2n) is 9.44. The summed E-state index contributed by atoms with van der Waals surface area (Å²) in [5, 5.41) is 9.25. The predicted molar refractivity (Wildman–Crippen MR) is 127 cm³/mol. The minimum absolute atomic E-state index is 0.0431. The number of carbonyl (C=O) groups is 3. The molecule has 0 aromatic carbocycles. The lowest BCUT2D eigenvalue weighted by Crippen LogP contribution is -2.53. The molecule has 0 aromatic heterocycles. The van der Waals surface area contributed by atoms with Crippen molar-refractivity contribution >= 4 is 29.5 Å². The fourth-order valence-electron chi connectivity index (χ4n) is 5.70. The molecule has 0 aromatic rings. The van der Waals surface area contributed by atoms with Crippen molar-refractivity contribution in [2.24, 2.45) is 11.8 Å². The van der Waals surface area contributed by atoms with E-state index in [9.17, 15) is 19.5 Å². The van der Waals surface area contributed by atoms with E-state index in [-0.39, 0.29) is 29.6 Å². The molecule has 4 heterocycles. The number of rotatable bonds is 7. The molecule has 0 aliphatic carbocycles. The molecular weight excluding hydrogens is 440 g/mol. The fourth-order valence-corrected chi connectivity index (χ4v) is 7.70. The molecule has 2 saturated heterocycles. The molecular formula is C25H36N2O5S. The summed E-state index contributed by atoms with van der Waals surface area (Å²) in [6.07, 6.45) is 14.4. The molecule has 1 N–H and O–H groups in total. The molecule has 33 heavy (non-hydrogen) atoms. The molecule has 2 fully saturated rings. The lowest BCUT2D eigenvalue weighted by atomic mass is 9.78. The monoisotopic (exact) mass is 476 g/mol. The molecule has 0 saturated carbocycles. The number of carbonyl (C=O) groups excluding carboxylic acids is 3. The fraction of sp³-hybridized carbons (Fsp3) is 0.720. The number of unbranched alkanes of at least 4 members (excludes halogenated alkanes) is 2. The first-order chi connectivity index (χ1) is 16.0. The second-order valence-corrected chi connectivity index (χ2v) is 10.9. The summed E-state index contributed by atoms with van der Waals surface area (Å²) in [4.78, 5) is 44.4. The molecule has 4 aliphatic heterocycles. The summed E-state index contributed by atoms with van der Waals surface area (Å²) in [6, 6.07) is -0.661. The van der Waals surface area contributed by atoms with Gasteiger partial charge in [0, 0.05) is 31.5 Å². The smallest absolute Gasteiger partial charge is 0.311 e. The number of thioether (sulfide) groups is 1. The Morgan fingerprint density at radius 1 is 1.12 bits per heavy atom. The van der Waals surface area contributed by atoms with Crippen molar-refractivity contribution in [1.29, 1.82) is 0 Å². The Balaban J connectivity index is 1.73. The first kappa shape index (κ1) is 24.3. The number of cyclic esters (lactones) is 1. The van der Waals surface area contributed by atoms with Gasteiger partial charge < -0.3 is 19.6 Å². The number of hydrogen-bond acceptors (Lipinski definition) is 6. The number of esters is 1. The van der Waals surface area contributed by atoms with Gasteiger partial charge >= 0.3 is 5.97 Å². The summed E-state index contributed by atoms with van der Waals surface area (Å²) < 4.78 is 4.81. The lowest BCUT2D eigenvalue weighted by molar-refractivity contribution is -0.153. The minimum atomic E-state index is -0.796. The van der Waals surface area contributed by atoms with Crippen LogP contribution < -0.4 is 0 Å². The first-order valence-electron chi connectivity index (χ1n) is 12.4. The van der Waals surface area contributed by atoms with Crippen LogP contribution in [0.15, 0.2) is 24.3 Å². The topological polar surface area (TPSA) is 87.2 Å². The number of ether oxygens (including phenoxy) is 1. The molecule has 5 atom stereocenters. The number of aliphatic hydroxyl groups is 1. The SMILES string of the molecule is CCCCCN1CC=C[C@]23S[C@@H]4/C=C\CCCCOC(=O)[C@@H]4[C@H]2C(=O)N(CCCO)C3C1=O. The maximum atomic E-state index is 13.9. The molecule has 2 amide bonds. The molecule has 182 valence electrons. The molecule has 0 radical (unpaired) electrons. The van der Waals surface area contributed by atoms with E-state index in [0.29, 0.717) is 32.7 Å². The zero-order chi connectivity index (χ0) is 23.4. The number of amides is 2. The van der Waals surface area contributed by atoms with E-state index >= 15 is 0 Å². The first-order valence-corrected chi connectivity index (χ1v) is 13.3. The average Bonchev–Trinajstić information content (AvgIpc) is 3.19. The highest BCUT2D eigenvalue weighted by Crippen LogP contribution is 2.60. The van der Waals surface area contributed by atoms with Crippen LogP contribution in [-0.4, -0.2) is 81.6 Å². The van der Waals surface area contributed by atoms with E-state index in [1.165, 1.54) is 0 Å². The highest BCUT2D eigenvalue weighted by Gasteiger charge is 2.70. The number of fused-ring (bicyclic) bond motifs is 2. The number of hydrogen-bond donors (Lipinski definition) is 1. The molecule has 1 spiro atoms. The third-order valence-corrected chi connectivity index (χ3v) is 9.02. The molecule has 0 bridgehead atoms. The highest BCUT2D eigenvalue weighted by molar-refractivity contribution is 8.02. The summed E-state index contributed by atoms with van der Waals surface area (Å²) in [5.74, 6) is -1.78. The third kappa shape index (κ3) is 4.48. The molecule has 4 rings (SSSR count). The Hall–Kier alpha value is -1.80. The van der Waals surface area contributed by atoms with Gasteiger partial charge in [0.15, 0.2) is 0 Å². The van der Waals surface area contributed by atoms with Crippen LogP contribution in [0.5, 0.6) is 0 Å². The standard InChI is InChI=1S/C25H36N2O5S/c1-2-3-7-13-26-14-9-12-25-20(22(29)27(15-10-16-28)21(25)23(26)30)19-18(33-25)11-6-4-5-8-17-32-24(19)31/h6,9,11-12,18-21,28H,2-5,7-8,10,13-17H2,1H3/b11-6-/t18-,19+,20+,21?,25+/m1/s1. The number of nitrogens with zero attached hydrogens (tertiary/aromatic N) is 2. The van der Waals surface area contributed by atoms with Crippen LogP contribution in [0.3, 0.4) is 0 Å². The Labute approximate surface area is 200 Å². The normalized spacial score (nSPS) is 35.0. The van der Waals surface area contributed by atoms with Gasteiger partial charge in [0.05, 0.1) is 23.2 Å². The van der Waals surface area contributed by atoms with Crippen LogP contribution in [-0.2, 0) is 19.1 Å². The summed E-state index contributed by atoms with van der Waals surface area (Å²) in [6.45, 7) is 3.94. The molecule has 1 unspecified atom stereocenters. The van der Waals surface area contributed by atoms with Gasteiger partial charge in [-0.25, -0.2) is 0 Å².